The zero-order valence-electron chi connectivity index (χ0n) is 12.3. The van der Waals surface area contributed by atoms with Crippen molar-refractivity contribution in [2.24, 2.45) is 0 Å². The summed E-state index contributed by atoms with van der Waals surface area (Å²) < 4.78 is 0. The molecule has 4 nitrogen and oxygen atoms in total. The van der Waals surface area contributed by atoms with Gasteiger partial charge in [0, 0.05) is 28.2 Å². The number of hydrogen-bond acceptors (Lipinski definition) is 3. The van der Waals surface area contributed by atoms with Crippen LogP contribution in [0.25, 0.3) is 11.3 Å². The van der Waals surface area contributed by atoms with Crippen LogP contribution in [0.3, 0.4) is 0 Å². The molecule has 1 aromatic carbocycles. The lowest BCUT2D eigenvalue weighted by atomic mass is 10.1. The lowest BCUT2D eigenvalue weighted by Gasteiger charge is -2.05. The molecule has 0 saturated heterocycles. The Morgan fingerprint density at radius 3 is 2.73 bits per heavy atom. The molecule has 0 spiro atoms. The van der Waals surface area contributed by atoms with Gasteiger partial charge in [0.15, 0.2) is 0 Å². The second kappa shape index (κ2) is 6.58. The highest BCUT2D eigenvalue weighted by atomic mass is 32.1. The highest BCUT2D eigenvalue weighted by molar-refractivity contribution is 7.09. The van der Waals surface area contributed by atoms with Crippen molar-refractivity contribution >= 4 is 22.9 Å². The van der Waals surface area contributed by atoms with Crippen LogP contribution in [-0.2, 0) is 11.2 Å². The van der Waals surface area contributed by atoms with Crippen LogP contribution in [-0.4, -0.2) is 16.1 Å². The molecule has 112 valence electrons. The number of benzene rings is 1. The molecule has 2 heterocycles. The van der Waals surface area contributed by atoms with Crippen molar-refractivity contribution in [3.8, 4) is 11.3 Å². The number of carbonyl (C=O) groups excluding carboxylic acids is 1. The van der Waals surface area contributed by atoms with Crippen molar-refractivity contribution in [1.29, 1.82) is 0 Å². The van der Waals surface area contributed by atoms with E-state index >= 15 is 0 Å². The van der Waals surface area contributed by atoms with Crippen LogP contribution in [0.15, 0.2) is 47.8 Å². The van der Waals surface area contributed by atoms with Crippen LogP contribution < -0.4 is 5.32 Å². The van der Waals surface area contributed by atoms with Gasteiger partial charge in [-0.1, -0.05) is 18.2 Å². The lowest BCUT2D eigenvalue weighted by Crippen LogP contribution is -2.11. The Labute approximate surface area is 133 Å². The van der Waals surface area contributed by atoms with Crippen LogP contribution in [0, 0.1) is 6.92 Å². The van der Waals surface area contributed by atoms with Gasteiger partial charge in [-0.2, -0.15) is 5.10 Å². The highest BCUT2D eigenvalue weighted by Crippen LogP contribution is 2.20. The smallest absolute Gasteiger partial charge is 0.224 e. The Morgan fingerprint density at radius 2 is 2.09 bits per heavy atom. The molecule has 3 aromatic rings. The van der Waals surface area contributed by atoms with Crippen LogP contribution in [0.1, 0.15) is 17.0 Å². The number of thiophene rings is 1. The molecule has 0 atom stereocenters. The van der Waals surface area contributed by atoms with E-state index in [4.69, 9.17) is 0 Å². The van der Waals surface area contributed by atoms with Gasteiger partial charge >= 0.3 is 0 Å². The Morgan fingerprint density at radius 1 is 1.27 bits per heavy atom. The van der Waals surface area contributed by atoms with E-state index in [0.29, 0.717) is 6.42 Å². The quantitative estimate of drug-likeness (QED) is 0.747. The van der Waals surface area contributed by atoms with E-state index in [1.54, 1.807) is 11.3 Å². The summed E-state index contributed by atoms with van der Waals surface area (Å²) in [5.74, 6) is 0.0387. The minimum atomic E-state index is 0.0387. The van der Waals surface area contributed by atoms with Crippen molar-refractivity contribution in [1.82, 2.24) is 10.2 Å². The average Bonchev–Trinajstić information content (AvgIpc) is 3.17. The molecule has 1 amide bonds. The summed E-state index contributed by atoms with van der Waals surface area (Å²) in [6.45, 7) is 1.97. The first-order chi connectivity index (χ1) is 10.7. The number of aromatic amines is 1. The number of amides is 1. The Hall–Kier alpha value is -2.40. The zero-order chi connectivity index (χ0) is 15.4. The molecular weight excluding hydrogens is 294 g/mol. The fourth-order valence-electron chi connectivity index (χ4n) is 2.21. The highest BCUT2D eigenvalue weighted by Gasteiger charge is 2.05. The summed E-state index contributed by atoms with van der Waals surface area (Å²) in [7, 11) is 0. The Bertz CT molecular complexity index is 745. The molecule has 0 unspecified atom stereocenters. The van der Waals surface area contributed by atoms with Crippen molar-refractivity contribution in [3.63, 3.8) is 0 Å². The second-order valence-corrected chi connectivity index (χ2v) is 6.17. The van der Waals surface area contributed by atoms with E-state index in [0.717, 1.165) is 29.1 Å². The molecular formula is C17H17N3OS. The fourth-order valence-corrected chi connectivity index (χ4v) is 2.91. The van der Waals surface area contributed by atoms with Crippen LogP contribution in [0.5, 0.6) is 0 Å². The van der Waals surface area contributed by atoms with Crippen LogP contribution in [0.4, 0.5) is 5.69 Å². The largest absolute Gasteiger partial charge is 0.326 e. The molecule has 2 N–H and O–H groups in total. The Balaban J connectivity index is 1.57. The van der Waals surface area contributed by atoms with Crippen molar-refractivity contribution in [2.75, 3.05) is 5.32 Å². The van der Waals surface area contributed by atoms with Gasteiger partial charge in [0.05, 0.1) is 5.69 Å². The monoisotopic (exact) mass is 311 g/mol. The number of nitrogens with one attached hydrogen (secondary N) is 2. The van der Waals surface area contributed by atoms with E-state index in [9.17, 15) is 4.79 Å². The molecule has 0 saturated carbocycles. The SMILES string of the molecule is Cc1cc(-c2ccc(NC(=O)CCc3cccs3)cc2)n[nH]1. The van der Waals surface area contributed by atoms with E-state index < -0.39 is 0 Å². The normalized spacial score (nSPS) is 10.6. The van der Waals surface area contributed by atoms with Gasteiger partial charge in [-0.15, -0.1) is 11.3 Å². The first-order valence-electron chi connectivity index (χ1n) is 7.15. The number of rotatable bonds is 5. The predicted molar refractivity (Wildman–Crippen MR) is 90.0 cm³/mol. The number of hydrogen-bond donors (Lipinski definition) is 2. The Kier molecular flexibility index (Phi) is 4.34. The zero-order valence-corrected chi connectivity index (χ0v) is 13.1. The number of H-pyrrole nitrogens is 1. The van der Waals surface area contributed by atoms with Gasteiger partial charge in [0.1, 0.15) is 0 Å². The summed E-state index contributed by atoms with van der Waals surface area (Å²) in [5, 5.41) is 12.1. The van der Waals surface area contributed by atoms with E-state index in [1.165, 1.54) is 4.88 Å². The summed E-state index contributed by atoms with van der Waals surface area (Å²) in [4.78, 5) is 13.2. The number of aromatic nitrogens is 2. The maximum absolute atomic E-state index is 11.9. The van der Waals surface area contributed by atoms with Gasteiger partial charge < -0.3 is 5.32 Å². The van der Waals surface area contributed by atoms with E-state index in [-0.39, 0.29) is 5.91 Å². The summed E-state index contributed by atoms with van der Waals surface area (Å²) >= 11 is 1.68. The minimum Gasteiger partial charge on any atom is -0.326 e. The standard InChI is InChI=1S/C17H17N3OS/c1-12-11-16(20-19-12)13-4-6-14(7-5-13)18-17(21)9-8-15-3-2-10-22-15/h2-7,10-11H,8-9H2,1H3,(H,18,21)(H,19,20). The number of nitrogens with zero attached hydrogens (tertiary/aromatic N) is 1. The van der Waals surface area contributed by atoms with Gasteiger partial charge in [0.2, 0.25) is 5.91 Å². The molecule has 0 aliphatic carbocycles. The molecule has 3 rings (SSSR count). The van der Waals surface area contributed by atoms with E-state index in [2.05, 4.69) is 21.6 Å². The van der Waals surface area contributed by atoms with Crippen LogP contribution in [0.2, 0.25) is 0 Å². The molecule has 0 radical (unpaired) electrons. The summed E-state index contributed by atoms with van der Waals surface area (Å²) in [5.41, 5.74) is 3.78. The fraction of sp³-hybridized carbons (Fsp3) is 0.176. The predicted octanol–water partition coefficient (Wildman–Crippen LogP) is 4.02. The first-order valence-corrected chi connectivity index (χ1v) is 8.03. The first kappa shape index (κ1) is 14.5. The van der Waals surface area contributed by atoms with Gasteiger partial charge in [-0.25, -0.2) is 0 Å². The third kappa shape index (κ3) is 3.62. The number of aryl methyl sites for hydroxylation is 2. The van der Waals surface area contributed by atoms with Gasteiger partial charge in [-0.3, -0.25) is 9.89 Å². The summed E-state index contributed by atoms with van der Waals surface area (Å²) in [6, 6.07) is 13.8. The lowest BCUT2D eigenvalue weighted by molar-refractivity contribution is -0.116. The topological polar surface area (TPSA) is 57.8 Å². The van der Waals surface area contributed by atoms with Crippen molar-refractivity contribution < 1.29 is 4.79 Å². The summed E-state index contributed by atoms with van der Waals surface area (Å²) in [6.07, 6.45) is 1.29. The second-order valence-electron chi connectivity index (χ2n) is 5.14. The molecule has 0 aliphatic rings. The van der Waals surface area contributed by atoms with Crippen molar-refractivity contribution in [3.05, 3.63) is 58.4 Å². The van der Waals surface area contributed by atoms with Gasteiger partial charge in [-0.05, 0) is 43.0 Å². The third-order valence-corrected chi connectivity index (χ3v) is 4.29. The molecule has 0 bridgehead atoms. The maximum atomic E-state index is 11.9. The maximum Gasteiger partial charge on any atom is 0.224 e. The van der Waals surface area contributed by atoms with Gasteiger partial charge in [0.25, 0.3) is 0 Å². The third-order valence-electron chi connectivity index (χ3n) is 3.35. The van der Waals surface area contributed by atoms with Crippen LogP contribution >= 0.6 is 11.3 Å². The average molecular weight is 311 g/mol. The number of carbonyl (C=O) groups is 1. The molecule has 0 fully saturated rings. The molecule has 2 aromatic heterocycles. The molecule has 22 heavy (non-hydrogen) atoms. The molecule has 0 aliphatic heterocycles. The number of anilines is 1. The minimum absolute atomic E-state index is 0.0387. The van der Waals surface area contributed by atoms with Crippen molar-refractivity contribution in [2.45, 2.75) is 19.8 Å². The van der Waals surface area contributed by atoms with E-state index in [1.807, 2.05) is 48.7 Å². The molecule has 5 heteroatoms.